The number of urea groups is 2. The average molecular weight is 869 g/mol. The molecule has 4 amide bonds. The van der Waals surface area contributed by atoms with Crippen molar-refractivity contribution in [1.82, 2.24) is 20.6 Å². The van der Waals surface area contributed by atoms with E-state index in [1.807, 2.05) is 24.3 Å². The van der Waals surface area contributed by atoms with E-state index in [0.717, 1.165) is 35.6 Å². The number of nitrogens with one attached hydrogen (secondary N) is 6. The molecule has 0 atom stereocenters. The summed E-state index contributed by atoms with van der Waals surface area (Å²) in [5.74, 6) is -0.446. The van der Waals surface area contributed by atoms with E-state index in [4.69, 9.17) is 4.74 Å². The molecular weight excluding hydrogens is 824 g/mol. The zero-order valence-corrected chi connectivity index (χ0v) is 34.9. The van der Waals surface area contributed by atoms with Crippen molar-refractivity contribution in [2.45, 2.75) is 49.6 Å². The van der Waals surface area contributed by atoms with Gasteiger partial charge < -0.3 is 26.0 Å². The lowest BCUT2D eigenvalue weighted by molar-refractivity contribution is 0.251. The first-order valence-corrected chi connectivity index (χ1v) is 21.9. The van der Waals surface area contributed by atoms with Gasteiger partial charge in [-0.1, -0.05) is 37.6 Å². The molecule has 0 aliphatic carbocycles. The number of rotatable bonds is 16. The average Bonchev–Trinajstić information content (AvgIpc) is 3.25. The van der Waals surface area contributed by atoms with Crippen LogP contribution in [0.3, 0.4) is 0 Å². The summed E-state index contributed by atoms with van der Waals surface area (Å²) in [6.07, 6.45) is 8.60. The van der Waals surface area contributed by atoms with E-state index < -0.39 is 31.9 Å². The summed E-state index contributed by atoms with van der Waals surface area (Å²) in [6, 6.07) is 29.1. The normalized spacial score (nSPS) is 10.9. The molecule has 0 unspecified atom stereocenters. The Hall–Kier alpha value is -7.05. The molecule has 0 saturated heterocycles. The summed E-state index contributed by atoms with van der Waals surface area (Å²) in [5.41, 5.74) is 4.08. The molecule has 2 heterocycles. The van der Waals surface area contributed by atoms with E-state index in [1.54, 1.807) is 68.1 Å². The predicted molar refractivity (Wildman–Crippen MR) is 233 cm³/mol. The third-order valence-corrected chi connectivity index (χ3v) is 11.2. The first kappa shape index (κ1) is 45.0. The zero-order chi connectivity index (χ0) is 43.7. The highest BCUT2D eigenvalue weighted by Crippen LogP contribution is 2.24. The third-order valence-electron chi connectivity index (χ3n) is 8.44. The van der Waals surface area contributed by atoms with Crippen molar-refractivity contribution < 1.29 is 35.6 Å². The van der Waals surface area contributed by atoms with Gasteiger partial charge in [-0.25, -0.2) is 30.8 Å². The van der Waals surface area contributed by atoms with E-state index in [1.165, 1.54) is 48.5 Å². The van der Waals surface area contributed by atoms with Crippen molar-refractivity contribution in [2.75, 3.05) is 26.7 Å². The van der Waals surface area contributed by atoms with Crippen molar-refractivity contribution >= 4 is 54.9 Å². The standard InChI is InChI=1S/C22H24N4O3S.C21H21FN4O4S/c1-2-4-17-6-8-20(9-7-17)26-30(28,29)21-12-10-19(11-13-21)25-22(27)24-16-18-5-3-14-23-15-18;1-2-30-17-7-10-20(19(22)12-17)26-31(28,29)18-8-5-16(6-9-18)25-21(27)24-14-15-4-3-11-23-13-15/h3,5-15,26H,2,4,16H2,1H3,(H2,24,25,27);3-13,26H,2,14H2,1H3,(H2,24,25,27). The van der Waals surface area contributed by atoms with Crippen LogP contribution in [0.15, 0.2) is 150 Å². The molecule has 6 aromatic rings. The topological polar surface area (TPSA) is 210 Å². The summed E-state index contributed by atoms with van der Waals surface area (Å²) in [6.45, 7) is 4.86. The monoisotopic (exact) mass is 868 g/mol. The van der Waals surface area contributed by atoms with E-state index in [0.29, 0.717) is 42.5 Å². The van der Waals surface area contributed by atoms with E-state index in [9.17, 15) is 30.8 Å². The van der Waals surface area contributed by atoms with Gasteiger partial charge in [0.15, 0.2) is 5.82 Å². The maximum absolute atomic E-state index is 14.2. The lowest BCUT2D eigenvalue weighted by atomic mass is 10.1. The van der Waals surface area contributed by atoms with Crippen LogP contribution in [0.25, 0.3) is 0 Å². The van der Waals surface area contributed by atoms with Crippen molar-refractivity contribution in [1.29, 1.82) is 0 Å². The van der Waals surface area contributed by atoms with Crippen LogP contribution in [0.4, 0.5) is 36.7 Å². The number of sulfonamides is 2. The predicted octanol–water partition coefficient (Wildman–Crippen LogP) is 7.90. The highest BCUT2D eigenvalue weighted by molar-refractivity contribution is 7.93. The van der Waals surface area contributed by atoms with Crippen molar-refractivity contribution in [3.63, 3.8) is 0 Å². The molecule has 0 spiro atoms. The smallest absolute Gasteiger partial charge is 0.319 e. The SMILES string of the molecule is CCCc1ccc(NS(=O)(=O)c2ccc(NC(=O)NCc3cccnc3)cc2)cc1.CCOc1ccc(NS(=O)(=O)c2ccc(NC(=O)NCc3cccnc3)cc2)c(F)c1. The highest BCUT2D eigenvalue weighted by atomic mass is 32.2. The number of aromatic nitrogens is 2. The van der Waals surface area contributed by atoms with Gasteiger partial charge in [-0.05, 0) is 115 Å². The number of benzene rings is 4. The maximum Gasteiger partial charge on any atom is 0.319 e. The number of nitrogens with zero attached hydrogens (tertiary/aromatic N) is 2. The molecular formula is C43H45FN8O7S2. The molecule has 318 valence electrons. The van der Waals surface area contributed by atoms with E-state index in [-0.39, 0.29) is 21.5 Å². The van der Waals surface area contributed by atoms with Gasteiger partial charge in [0.25, 0.3) is 20.0 Å². The summed E-state index contributed by atoms with van der Waals surface area (Å²) in [7, 11) is -7.73. The minimum atomic E-state index is -4.02. The van der Waals surface area contributed by atoms with Gasteiger partial charge in [0.1, 0.15) is 5.75 Å². The number of hydrogen-bond acceptors (Lipinski definition) is 9. The fourth-order valence-electron chi connectivity index (χ4n) is 5.44. The number of halogens is 1. The number of carbonyl (C=O) groups excluding carboxylic acids is 2. The van der Waals surface area contributed by atoms with Crippen LogP contribution in [0.2, 0.25) is 0 Å². The van der Waals surface area contributed by atoms with Gasteiger partial charge in [0, 0.05) is 61.0 Å². The molecule has 6 N–H and O–H groups in total. The Morgan fingerprint density at radius 2 is 1.10 bits per heavy atom. The summed E-state index contributed by atoms with van der Waals surface area (Å²) in [5, 5.41) is 10.7. The maximum atomic E-state index is 14.2. The van der Waals surface area contributed by atoms with Crippen LogP contribution < -0.4 is 35.4 Å². The van der Waals surface area contributed by atoms with Crippen LogP contribution in [0, 0.1) is 5.82 Å². The molecule has 61 heavy (non-hydrogen) atoms. The van der Waals surface area contributed by atoms with Crippen LogP contribution in [0.1, 0.15) is 37.0 Å². The first-order chi connectivity index (χ1) is 29.3. The first-order valence-electron chi connectivity index (χ1n) is 19.0. The number of ether oxygens (including phenoxy) is 1. The second-order valence-corrected chi connectivity index (χ2v) is 16.5. The highest BCUT2D eigenvalue weighted by Gasteiger charge is 2.18. The lowest BCUT2D eigenvalue weighted by Gasteiger charge is -2.11. The fraction of sp³-hybridized carbons (Fsp3) is 0.163. The van der Waals surface area contributed by atoms with Gasteiger partial charge in [-0.2, -0.15) is 0 Å². The largest absolute Gasteiger partial charge is 0.494 e. The van der Waals surface area contributed by atoms with Crippen LogP contribution in [-0.4, -0.2) is 45.5 Å². The Balaban J connectivity index is 0.000000231. The molecule has 0 fully saturated rings. The molecule has 0 radical (unpaired) electrons. The molecule has 18 heteroatoms. The zero-order valence-electron chi connectivity index (χ0n) is 33.3. The number of anilines is 4. The van der Waals surface area contributed by atoms with Gasteiger partial charge in [-0.15, -0.1) is 0 Å². The Morgan fingerprint density at radius 1 is 0.607 bits per heavy atom. The second kappa shape index (κ2) is 21.8. The fourth-order valence-corrected chi connectivity index (χ4v) is 7.56. The van der Waals surface area contributed by atoms with Gasteiger partial charge in [0.2, 0.25) is 0 Å². The summed E-state index contributed by atoms with van der Waals surface area (Å²) >= 11 is 0. The molecule has 0 aliphatic heterocycles. The Bertz CT molecular complexity index is 2570. The van der Waals surface area contributed by atoms with Crippen LogP contribution in [-0.2, 0) is 39.6 Å². The van der Waals surface area contributed by atoms with Crippen molar-refractivity contribution in [3.05, 3.63) is 163 Å². The van der Waals surface area contributed by atoms with Gasteiger partial charge >= 0.3 is 12.1 Å². The quantitative estimate of drug-likeness (QED) is 0.0558. The molecule has 15 nitrogen and oxygen atoms in total. The lowest BCUT2D eigenvalue weighted by Crippen LogP contribution is -2.28. The minimum Gasteiger partial charge on any atom is -0.494 e. The van der Waals surface area contributed by atoms with Crippen LogP contribution in [0.5, 0.6) is 5.75 Å². The van der Waals surface area contributed by atoms with Crippen molar-refractivity contribution in [2.24, 2.45) is 0 Å². The molecule has 2 aromatic heterocycles. The van der Waals surface area contributed by atoms with Gasteiger partial charge in [-0.3, -0.25) is 19.4 Å². The van der Waals surface area contributed by atoms with Crippen molar-refractivity contribution in [3.8, 4) is 5.75 Å². The third kappa shape index (κ3) is 14.3. The van der Waals surface area contributed by atoms with E-state index >= 15 is 0 Å². The molecule has 0 aliphatic rings. The number of hydrogen-bond donors (Lipinski definition) is 6. The number of pyridine rings is 2. The molecule has 0 bridgehead atoms. The van der Waals surface area contributed by atoms with Crippen LogP contribution >= 0.6 is 0 Å². The molecule has 0 saturated carbocycles. The summed E-state index contributed by atoms with van der Waals surface area (Å²) < 4.78 is 74.4. The Morgan fingerprint density at radius 3 is 1.54 bits per heavy atom. The van der Waals surface area contributed by atoms with E-state index in [2.05, 4.69) is 47.6 Å². The Labute approximate surface area is 354 Å². The number of carbonyl (C=O) groups is 2. The molecule has 6 rings (SSSR count). The minimum absolute atomic E-state index is 0.0814. The second-order valence-electron chi connectivity index (χ2n) is 13.1. The number of aryl methyl sites for hydroxylation is 1. The Kier molecular flexibility index (Phi) is 16.1. The summed E-state index contributed by atoms with van der Waals surface area (Å²) in [4.78, 5) is 32.0. The molecule has 4 aromatic carbocycles. The van der Waals surface area contributed by atoms with Gasteiger partial charge in [0.05, 0.1) is 22.1 Å². The number of amides is 4.